The second kappa shape index (κ2) is 3.96. The summed E-state index contributed by atoms with van der Waals surface area (Å²) in [5.41, 5.74) is 0. The third kappa shape index (κ3) is 5.78. The molecule has 5 heavy (non-hydrogen) atoms. The molecule has 2 radical (unpaired) electrons. The summed E-state index contributed by atoms with van der Waals surface area (Å²) in [6.07, 6.45) is 0. The van der Waals surface area contributed by atoms with Crippen molar-refractivity contribution < 1.29 is 0 Å². The zero-order valence-electron chi connectivity index (χ0n) is 2.68. The maximum atomic E-state index is 5.19. The highest BCUT2D eigenvalue weighted by atomic mass is 32.7. The van der Waals surface area contributed by atoms with Gasteiger partial charge < -0.3 is 0 Å². The van der Waals surface area contributed by atoms with Gasteiger partial charge in [0.2, 0.25) is 0 Å². The van der Waals surface area contributed by atoms with Crippen LogP contribution in [0.1, 0.15) is 0 Å². The van der Waals surface area contributed by atoms with Gasteiger partial charge in [0.15, 0.2) is 0 Å². The Morgan fingerprint density at radius 1 is 1.60 bits per heavy atom. The average Bonchev–Trinajstić information content (AvgIpc) is 1.38. The molecule has 0 aromatic heterocycles. The second-order valence-corrected chi connectivity index (χ2v) is 12.2. The Hall–Kier alpha value is 1.78. The van der Waals surface area contributed by atoms with Crippen molar-refractivity contribution in [1.82, 2.24) is 0 Å². The Labute approximate surface area is 41.2 Å². The van der Waals surface area contributed by atoms with E-state index in [9.17, 15) is 0 Å². The van der Waals surface area contributed by atoms with E-state index in [1.807, 2.05) is 0 Å². The van der Waals surface area contributed by atoms with E-state index >= 15 is 0 Å². The van der Waals surface area contributed by atoms with Gasteiger partial charge in [-0.2, -0.15) is 0 Å². The van der Waals surface area contributed by atoms with E-state index in [0.717, 1.165) is 0 Å². The van der Waals surface area contributed by atoms with Crippen LogP contribution < -0.4 is 0 Å². The summed E-state index contributed by atoms with van der Waals surface area (Å²) < 4.78 is 0. The van der Waals surface area contributed by atoms with Crippen LogP contribution in [0.4, 0.5) is 0 Å². The summed E-state index contributed by atoms with van der Waals surface area (Å²) in [5.74, 6) is 0. The van der Waals surface area contributed by atoms with Gasteiger partial charge in [0.25, 0.3) is 0 Å². The van der Waals surface area contributed by atoms with Crippen molar-refractivity contribution in [3.05, 3.63) is 0 Å². The maximum absolute atomic E-state index is 5.19. The fourth-order valence-electron chi connectivity index (χ4n) is 0. The first-order valence-electron chi connectivity index (χ1n) is 1.03. The van der Waals surface area contributed by atoms with Crippen molar-refractivity contribution in [1.29, 1.82) is 0 Å². The molecule has 0 spiro atoms. The number of hydrogen-bond acceptors (Lipinski definition) is 0. The predicted molar refractivity (Wildman–Crippen MR) is 40.4 cm³/mol. The fourth-order valence-corrected chi connectivity index (χ4v) is 0. The first kappa shape index (κ1) is 6.78. The number of hydrogen-bond donors (Lipinski definition) is 0. The van der Waals surface area contributed by atoms with Gasteiger partial charge >= 0.3 is 0 Å². The molecule has 0 amide bonds. The molecule has 5 heteroatoms. The average molecular weight is 140 g/mol. The van der Waals surface area contributed by atoms with Gasteiger partial charge in [-0.25, -0.2) is 0 Å². The molecule has 0 rings (SSSR count). The summed E-state index contributed by atoms with van der Waals surface area (Å²) in [7, 11) is 11.1. The van der Waals surface area contributed by atoms with Crippen molar-refractivity contribution in [3.8, 4) is 0 Å². The maximum Gasteiger partial charge on any atom is 0.111 e. The first-order chi connectivity index (χ1) is 2.27. The van der Waals surface area contributed by atoms with E-state index in [1.165, 1.54) is 0 Å². The Morgan fingerprint density at radius 3 is 1.80 bits per heavy atom. The largest absolute Gasteiger partial charge is 0.139 e. The summed E-state index contributed by atoms with van der Waals surface area (Å²) in [6.45, 7) is 0.0406. The van der Waals surface area contributed by atoms with E-state index in [1.54, 1.807) is 0 Å². The van der Waals surface area contributed by atoms with E-state index < -0.39 is 0 Å². The zero-order chi connectivity index (χ0) is 4.28. The van der Waals surface area contributed by atoms with E-state index in [2.05, 4.69) is 17.9 Å². The fraction of sp³-hybridized carbons (Fsp3) is 0. The molecule has 0 aliphatic heterocycles. The van der Waals surface area contributed by atoms with E-state index in [-0.39, 0.29) is 6.99 Å². The molecule has 0 aliphatic rings. The monoisotopic (exact) mass is 140 g/mol. The van der Waals surface area contributed by atoms with Crippen molar-refractivity contribution in [3.63, 3.8) is 0 Å². The quantitative estimate of drug-likeness (QED) is 0.384. The van der Waals surface area contributed by atoms with Gasteiger partial charge in [0.05, 0.1) is 0 Å². The molecule has 0 aromatic carbocycles. The lowest BCUT2D eigenvalue weighted by atomic mass is 10.8. The van der Waals surface area contributed by atoms with Crippen LogP contribution in [0.15, 0.2) is 0 Å². The highest BCUT2D eigenvalue weighted by Crippen LogP contribution is 2.66. The SMILES string of the molecule is [B]PP(P)P. The molecule has 0 saturated heterocycles. The predicted octanol–water partition coefficient (Wildman–Crippen LogP) is 1.73. The molecule has 0 fully saturated rings. The van der Waals surface area contributed by atoms with Gasteiger partial charge in [-0.3, -0.25) is 0 Å². The summed E-state index contributed by atoms with van der Waals surface area (Å²) >= 11 is 0. The van der Waals surface area contributed by atoms with Gasteiger partial charge in [0, 0.05) is 0 Å². The Balaban J connectivity index is 2.54. The molecule has 0 nitrogen and oxygen atoms in total. The Kier molecular flexibility index (Phi) is 5.37. The minimum atomic E-state index is 0.0406. The van der Waals surface area contributed by atoms with Crippen molar-refractivity contribution >= 4 is 40.6 Å². The lowest BCUT2D eigenvalue weighted by molar-refractivity contribution is 4.87. The molecule has 0 N–H and O–H groups in total. The Morgan fingerprint density at radius 2 is 1.80 bits per heavy atom. The minimum Gasteiger partial charge on any atom is -0.139 e. The van der Waals surface area contributed by atoms with Gasteiger partial charge in [-0.05, 0) is 0 Å². The molecule has 3 atom stereocenters. The highest BCUT2D eigenvalue weighted by Gasteiger charge is 1.77. The second-order valence-electron chi connectivity index (χ2n) is 0.536. The molecule has 0 heterocycles. The van der Waals surface area contributed by atoms with Crippen LogP contribution >= 0.6 is 33.0 Å². The summed E-state index contributed by atoms with van der Waals surface area (Å²) in [6, 6.07) is 0. The van der Waals surface area contributed by atoms with Crippen LogP contribution in [0.5, 0.6) is 0 Å². The lowest BCUT2D eigenvalue weighted by Gasteiger charge is -1.93. The lowest BCUT2D eigenvalue weighted by Crippen LogP contribution is -1.22. The van der Waals surface area contributed by atoms with Gasteiger partial charge in [-0.15, -0.1) is 26.0 Å². The van der Waals surface area contributed by atoms with Crippen LogP contribution in [0.25, 0.3) is 0 Å². The minimum absolute atomic E-state index is 0.0406. The van der Waals surface area contributed by atoms with Crippen molar-refractivity contribution in [2.24, 2.45) is 0 Å². The molecule has 0 aliphatic carbocycles. The van der Waals surface area contributed by atoms with Crippen LogP contribution in [-0.4, -0.2) is 7.57 Å². The molecule has 0 aromatic rings. The zero-order valence-corrected chi connectivity index (χ0v) is 6.88. The molecule has 28 valence electrons. The first-order valence-corrected chi connectivity index (χ1v) is 7.53. The smallest absolute Gasteiger partial charge is 0.111 e. The topological polar surface area (TPSA) is 0 Å². The third-order valence-electron chi connectivity index (χ3n) is 0.149. The standard InChI is InChI=1S/BH5P4/c1-4-5(2)3/h4H,2-3H2. The highest BCUT2D eigenvalue weighted by molar-refractivity contribution is 8.72. The molecule has 0 bridgehead atoms. The van der Waals surface area contributed by atoms with Crippen molar-refractivity contribution in [2.45, 2.75) is 0 Å². The molecule has 0 saturated carbocycles. The summed E-state index contributed by atoms with van der Waals surface area (Å²) in [5, 5.41) is 0. The van der Waals surface area contributed by atoms with Crippen LogP contribution in [-0.2, 0) is 0 Å². The van der Waals surface area contributed by atoms with Crippen LogP contribution in [0.2, 0.25) is 0 Å². The number of rotatable bonds is 1. The van der Waals surface area contributed by atoms with Crippen LogP contribution in [0.3, 0.4) is 0 Å². The Bertz CT molecular complexity index is 17.6. The molecular weight excluding hydrogens is 135 g/mol. The summed E-state index contributed by atoms with van der Waals surface area (Å²) in [4.78, 5) is 0. The van der Waals surface area contributed by atoms with E-state index in [4.69, 9.17) is 7.57 Å². The van der Waals surface area contributed by atoms with Crippen molar-refractivity contribution in [2.75, 3.05) is 0 Å². The third-order valence-corrected chi connectivity index (χ3v) is 4.02. The molecular formula is H5BP4. The van der Waals surface area contributed by atoms with Gasteiger partial charge in [-0.1, -0.05) is 6.99 Å². The van der Waals surface area contributed by atoms with E-state index in [0.29, 0.717) is 8.15 Å². The van der Waals surface area contributed by atoms with Gasteiger partial charge in [0.1, 0.15) is 7.57 Å². The molecule has 3 unspecified atom stereocenters. The van der Waals surface area contributed by atoms with Crippen LogP contribution in [0, 0.1) is 0 Å². The normalized spacial score (nSPS) is 11.8.